The number of alkyl halides is 1. The number of halogens is 1. The van der Waals surface area contributed by atoms with Gasteiger partial charge in [0.25, 0.3) is 0 Å². The van der Waals surface area contributed by atoms with E-state index < -0.39 is 0 Å². The van der Waals surface area contributed by atoms with E-state index in [0.717, 1.165) is 17.3 Å². The van der Waals surface area contributed by atoms with Gasteiger partial charge in [-0.1, -0.05) is 6.07 Å². The first-order valence-electron chi connectivity index (χ1n) is 5.05. The molecule has 0 bridgehead atoms. The minimum atomic E-state index is 0.433. The molecule has 84 valence electrons. The minimum Gasteiger partial charge on any atom is -0.467 e. The van der Waals surface area contributed by atoms with E-state index in [2.05, 4.69) is 4.98 Å². The van der Waals surface area contributed by atoms with Gasteiger partial charge in [0.05, 0.1) is 24.4 Å². The van der Waals surface area contributed by atoms with E-state index in [1.165, 1.54) is 0 Å². The average molecular weight is 237 g/mol. The molecule has 0 saturated heterocycles. The van der Waals surface area contributed by atoms with Crippen molar-refractivity contribution < 1.29 is 4.42 Å². The first-order chi connectivity index (χ1) is 7.79. The fraction of sp³-hybridized carbons (Fsp3) is 0.250. The van der Waals surface area contributed by atoms with Gasteiger partial charge in [-0.2, -0.15) is 0 Å². The lowest BCUT2D eigenvalue weighted by atomic mass is 10.3. The van der Waals surface area contributed by atoms with Gasteiger partial charge in [0, 0.05) is 7.05 Å². The second-order valence-electron chi connectivity index (χ2n) is 3.56. The maximum absolute atomic E-state index is 5.75. The molecule has 16 heavy (non-hydrogen) atoms. The van der Waals surface area contributed by atoms with Gasteiger partial charge in [0.2, 0.25) is 0 Å². The predicted octanol–water partition coefficient (Wildman–Crippen LogP) is 3.05. The highest BCUT2D eigenvalue weighted by Gasteiger charge is 2.05. The molecule has 0 radical (unpaired) electrons. The molecule has 0 N–H and O–H groups in total. The molecule has 3 nitrogen and oxygen atoms in total. The maximum Gasteiger partial charge on any atom is 0.128 e. The summed E-state index contributed by atoms with van der Waals surface area (Å²) in [7, 11) is 1.98. The van der Waals surface area contributed by atoms with Crippen molar-refractivity contribution in [1.29, 1.82) is 0 Å². The number of hydrogen-bond acceptors (Lipinski definition) is 3. The predicted molar refractivity (Wildman–Crippen MR) is 64.6 cm³/mol. The third-order valence-corrected chi connectivity index (χ3v) is 2.57. The van der Waals surface area contributed by atoms with Crippen LogP contribution in [0.3, 0.4) is 0 Å². The van der Waals surface area contributed by atoms with Gasteiger partial charge in [-0.25, -0.2) is 4.98 Å². The Kier molecular flexibility index (Phi) is 3.47. The Labute approximate surface area is 99.7 Å². The number of anilines is 1. The van der Waals surface area contributed by atoms with Crippen molar-refractivity contribution in [2.24, 2.45) is 0 Å². The first kappa shape index (κ1) is 11.0. The summed E-state index contributed by atoms with van der Waals surface area (Å²) in [5.41, 5.74) is 0.880. The van der Waals surface area contributed by atoms with Gasteiger partial charge >= 0.3 is 0 Å². The fourth-order valence-electron chi connectivity index (χ4n) is 1.47. The van der Waals surface area contributed by atoms with Crippen LogP contribution in [-0.4, -0.2) is 12.0 Å². The molecule has 0 unspecified atom stereocenters. The Morgan fingerprint density at radius 1 is 1.31 bits per heavy atom. The van der Waals surface area contributed by atoms with Crippen molar-refractivity contribution >= 4 is 17.4 Å². The number of hydrogen-bond donors (Lipinski definition) is 0. The lowest BCUT2D eigenvalue weighted by Crippen LogP contribution is -2.17. The van der Waals surface area contributed by atoms with Crippen molar-refractivity contribution in [1.82, 2.24) is 4.98 Å². The summed E-state index contributed by atoms with van der Waals surface area (Å²) in [6.45, 7) is 0.700. The topological polar surface area (TPSA) is 29.3 Å². The van der Waals surface area contributed by atoms with Crippen LogP contribution in [0.15, 0.2) is 41.0 Å². The summed E-state index contributed by atoms with van der Waals surface area (Å²) in [6, 6.07) is 9.66. The highest BCUT2D eigenvalue weighted by Crippen LogP contribution is 2.14. The van der Waals surface area contributed by atoms with Crippen LogP contribution in [0.25, 0.3) is 0 Å². The number of nitrogens with zero attached hydrogens (tertiary/aromatic N) is 2. The van der Waals surface area contributed by atoms with Gasteiger partial charge < -0.3 is 9.32 Å². The van der Waals surface area contributed by atoms with Crippen LogP contribution in [0.1, 0.15) is 11.5 Å². The summed E-state index contributed by atoms with van der Waals surface area (Å²) in [5, 5.41) is 0. The fourth-order valence-corrected chi connectivity index (χ4v) is 1.62. The van der Waals surface area contributed by atoms with Crippen molar-refractivity contribution in [3.05, 3.63) is 48.0 Å². The molecule has 0 saturated carbocycles. The Bertz CT molecular complexity index is 442. The van der Waals surface area contributed by atoms with E-state index in [4.69, 9.17) is 16.0 Å². The van der Waals surface area contributed by atoms with Gasteiger partial charge in [-0.05, 0) is 24.3 Å². The van der Waals surface area contributed by atoms with E-state index in [1.54, 1.807) is 6.26 Å². The van der Waals surface area contributed by atoms with Crippen LogP contribution in [0.5, 0.6) is 0 Å². The molecule has 0 aliphatic rings. The van der Waals surface area contributed by atoms with Gasteiger partial charge in [0.15, 0.2) is 0 Å². The second-order valence-corrected chi connectivity index (χ2v) is 3.82. The molecule has 0 aromatic carbocycles. The molecule has 4 heteroatoms. The quantitative estimate of drug-likeness (QED) is 0.765. The van der Waals surface area contributed by atoms with Gasteiger partial charge in [-0.3, -0.25) is 0 Å². The van der Waals surface area contributed by atoms with Crippen LogP contribution in [0, 0.1) is 0 Å². The Morgan fingerprint density at radius 2 is 2.19 bits per heavy atom. The smallest absolute Gasteiger partial charge is 0.128 e. The normalized spacial score (nSPS) is 10.4. The second kappa shape index (κ2) is 5.03. The molecule has 2 heterocycles. The maximum atomic E-state index is 5.75. The SMILES string of the molecule is CN(Cc1ccco1)c1cccc(CCl)n1. The number of pyridine rings is 1. The lowest BCUT2D eigenvalue weighted by Gasteiger charge is -2.17. The number of furan rings is 1. The van der Waals surface area contributed by atoms with Gasteiger partial charge in [-0.15, -0.1) is 11.6 Å². The number of aromatic nitrogens is 1. The van der Waals surface area contributed by atoms with Crippen molar-refractivity contribution in [3.8, 4) is 0 Å². The van der Waals surface area contributed by atoms with Crippen molar-refractivity contribution in [3.63, 3.8) is 0 Å². The summed E-state index contributed by atoms with van der Waals surface area (Å²) in [6.07, 6.45) is 1.67. The van der Waals surface area contributed by atoms with Crippen LogP contribution in [-0.2, 0) is 12.4 Å². The molecule has 0 atom stereocenters. The molecule has 0 fully saturated rings. The third-order valence-electron chi connectivity index (χ3n) is 2.29. The summed E-state index contributed by atoms with van der Waals surface area (Å²) >= 11 is 5.75. The minimum absolute atomic E-state index is 0.433. The molecule has 2 aromatic rings. The molecule has 0 aliphatic heterocycles. The standard InChI is InChI=1S/C12H13ClN2O/c1-15(9-11-5-3-7-16-11)12-6-2-4-10(8-13)14-12/h2-7H,8-9H2,1H3. The highest BCUT2D eigenvalue weighted by molar-refractivity contribution is 6.16. The molecule has 2 aromatic heterocycles. The molecular formula is C12H13ClN2O. The zero-order valence-corrected chi connectivity index (χ0v) is 9.81. The summed E-state index contributed by atoms with van der Waals surface area (Å²) in [4.78, 5) is 6.45. The molecular weight excluding hydrogens is 224 g/mol. The zero-order valence-electron chi connectivity index (χ0n) is 9.06. The molecule has 0 aliphatic carbocycles. The average Bonchev–Trinajstić information content (AvgIpc) is 2.82. The van der Waals surface area contributed by atoms with Crippen LogP contribution in [0.4, 0.5) is 5.82 Å². The monoisotopic (exact) mass is 236 g/mol. The summed E-state index contributed by atoms with van der Waals surface area (Å²) in [5.74, 6) is 2.25. The van der Waals surface area contributed by atoms with Gasteiger partial charge in [0.1, 0.15) is 11.6 Å². The first-order valence-corrected chi connectivity index (χ1v) is 5.58. The van der Waals surface area contributed by atoms with Crippen LogP contribution < -0.4 is 4.90 Å². The summed E-state index contributed by atoms with van der Waals surface area (Å²) < 4.78 is 5.29. The lowest BCUT2D eigenvalue weighted by molar-refractivity contribution is 0.507. The Balaban J connectivity index is 2.11. The van der Waals surface area contributed by atoms with E-state index in [0.29, 0.717) is 12.4 Å². The molecule has 0 spiro atoms. The number of rotatable bonds is 4. The van der Waals surface area contributed by atoms with Crippen molar-refractivity contribution in [2.75, 3.05) is 11.9 Å². The van der Waals surface area contributed by atoms with E-state index in [9.17, 15) is 0 Å². The zero-order chi connectivity index (χ0) is 11.4. The highest BCUT2D eigenvalue weighted by atomic mass is 35.5. The molecule has 0 amide bonds. The van der Waals surface area contributed by atoms with Crippen LogP contribution >= 0.6 is 11.6 Å². The van der Waals surface area contributed by atoms with E-state index in [1.807, 2.05) is 42.3 Å². The third kappa shape index (κ3) is 2.55. The largest absolute Gasteiger partial charge is 0.467 e. The Morgan fingerprint density at radius 3 is 2.88 bits per heavy atom. The Hall–Kier alpha value is -1.48. The molecule has 2 rings (SSSR count). The van der Waals surface area contributed by atoms with Crippen molar-refractivity contribution in [2.45, 2.75) is 12.4 Å². The van der Waals surface area contributed by atoms with E-state index in [-0.39, 0.29) is 0 Å². The van der Waals surface area contributed by atoms with E-state index >= 15 is 0 Å². The van der Waals surface area contributed by atoms with Crippen LogP contribution in [0.2, 0.25) is 0 Å².